The molecule has 2 heterocycles. The number of aromatic nitrogens is 2. The molecule has 1 N–H and O–H groups in total. The molecule has 0 fully saturated rings. The maximum absolute atomic E-state index is 10.9. The Labute approximate surface area is 61.0 Å². The highest BCUT2D eigenvalue weighted by atomic mass is 16.5. The predicted octanol–water partition coefficient (Wildman–Crippen LogP) is -0.560. The highest BCUT2D eigenvalue weighted by Crippen LogP contribution is 2.11. The number of ether oxygens (including phenoxy) is 1. The molecular weight excluding hydrogens is 148 g/mol. The first-order valence-corrected chi connectivity index (χ1v) is 3.03. The second kappa shape index (κ2) is 1.91. The van der Waals surface area contributed by atoms with E-state index in [9.17, 15) is 9.59 Å². The Bertz CT molecular complexity index is 368. The highest BCUT2D eigenvalue weighted by molar-refractivity contribution is 5.92. The molecule has 0 aliphatic carbocycles. The summed E-state index contributed by atoms with van der Waals surface area (Å²) in [5.41, 5.74) is 0.0174. The van der Waals surface area contributed by atoms with Gasteiger partial charge in [0.2, 0.25) is 0 Å². The molecule has 0 atom stereocenters. The van der Waals surface area contributed by atoms with Gasteiger partial charge in [0.1, 0.15) is 12.2 Å². The molecule has 2 rings (SSSR count). The van der Waals surface area contributed by atoms with Crippen molar-refractivity contribution in [1.82, 2.24) is 9.97 Å². The van der Waals surface area contributed by atoms with Gasteiger partial charge < -0.3 is 9.72 Å². The van der Waals surface area contributed by atoms with Gasteiger partial charge in [-0.15, -0.1) is 0 Å². The summed E-state index contributed by atoms with van der Waals surface area (Å²) in [5, 5.41) is 0. The van der Waals surface area contributed by atoms with E-state index in [0.717, 1.165) is 0 Å². The lowest BCUT2D eigenvalue weighted by Crippen LogP contribution is -2.16. The Kier molecular flexibility index (Phi) is 1.06. The zero-order valence-electron chi connectivity index (χ0n) is 5.46. The fourth-order valence-corrected chi connectivity index (χ4v) is 0.963. The third kappa shape index (κ3) is 0.739. The highest BCUT2D eigenvalue weighted by Gasteiger charge is 2.25. The van der Waals surface area contributed by atoms with Crippen LogP contribution in [0.4, 0.5) is 0 Å². The molecule has 1 aliphatic rings. The van der Waals surface area contributed by atoms with Crippen LogP contribution in [0, 0.1) is 0 Å². The minimum atomic E-state index is -0.589. The quantitative estimate of drug-likeness (QED) is 0.506. The molecule has 0 amide bonds. The molecule has 0 bridgehead atoms. The summed E-state index contributed by atoms with van der Waals surface area (Å²) < 4.78 is 4.58. The number of carbonyl (C=O) groups is 1. The SMILES string of the molecule is O=C1OCc2nc[nH]c(=O)c21. The van der Waals surface area contributed by atoms with E-state index in [1.165, 1.54) is 6.33 Å². The van der Waals surface area contributed by atoms with Gasteiger partial charge in [-0.25, -0.2) is 9.78 Å². The Balaban J connectivity index is 2.78. The summed E-state index contributed by atoms with van der Waals surface area (Å²) >= 11 is 0. The number of H-pyrrole nitrogens is 1. The second-order valence-electron chi connectivity index (χ2n) is 2.13. The zero-order valence-corrected chi connectivity index (χ0v) is 5.46. The van der Waals surface area contributed by atoms with Gasteiger partial charge in [-0.05, 0) is 0 Å². The molecule has 56 valence electrons. The number of fused-ring (bicyclic) bond motifs is 1. The fourth-order valence-electron chi connectivity index (χ4n) is 0.963. The molecule has 1 aliphatic heterocycles. The van der Waals surface area contributed by atoms with E-state index in [2.05, 4.69) is 14.7 Å². The first kappa shape index (κ1) is 6.09. The van der Waals surface area contributed by atoms with Crippen molar-refractivity contribution < 1.29 is 9.53 Å². The van der Waals surface area contributed by atoms with E-state index in [0.29, 0.717) is 5.69 Å². The molecule has 0 radical (unpaired) electrons. The molecular formula is C6H4N2O3. The molecule has 0 aromatic carbocycles. The summed E-state index contributed by atoms with van der Waals surface area (Å²) in [6, 6.07) is 0. The number of aromatic amines is 1. The second-order valence-corrected chi connectivity index (χ2v) is 2.13. The number of cyclic esters (lactones) is 1. The maximum Gasteiger partial charge on any atom is 0.346 e. The number of hydrogen-bond acceptors (Lipinski definition) is 4. The third-order valence-corrected chi connectivity index (χ3v) is 1.48. The van der Waals surface area contributed by atoms with Crippen LogP contribution >= 0.6 is 0 Å². The first-order chi connectivity index (χ1) is 5.29. The molecule has 0 saturated heterocycles. The average Bonchev–Trinajstić information content (AvgIpc) is 2.34. The standard InChI is InChI=1S/C6H4N2O3/c9-5-4-3(7-2-8-5)1-11-6(4)10/h2H,1H2,(H,7,8,9). The normalized spacial score (nSPS) is 14.4. The van der Waals surface area contributed by atoms with E-state index >= 15 is 0 Å². The predicted molar refractivity (Wildman–Crippen MR) is 34.0 cm³/mol. The molecule has 0 unspecified atom stereocenters. The smallest absolute Gasteiger partial charge is 0.346 e. The van der Waals surface area contributed by atoms with Crippen molar-refractivity contribution in [3.05, 3.63) is 27.9 Å². The largest absolute Gasteiger partial charge is 0.455 e. The fraction of sp³-hybridized carbons (Fsp3) is 0.167. The maximum atomic E-state index is 10.9. The van der Waals surface area contributed by atoms with Gasteiger partial charge in [0, 0.05) is 0 Å². The summed E-state index contributed by atoms with van der Waals surface area (Å²) in [5.74, 6) is -0.589. The number of hydrogen-bond donors (Lipinski definition) is 1. The third-order valence-electron chi connectivity index (χ3n) is 1.48. The van der Waals surface area contributed by atoms with Crippen LogP contribution in [0.25, 0.3) is 0 Å². The number of carbonyl (C=O) groups excluding carboxylic acids is 1. The lowest BCUT2D eigenvalue weighted by Gasteiger charge is -1.87. The average molecular weight is 152 g/mol. The van der Waals surface area contributed by atoms with Crippen LogP contribution < -0.4 is 5.56 Å². The van der Waals surface area contributed by atoms with Crippen molar-refractivity contribution in [1.29, 1.82) is 0 Å². The Morgan fingerprint density at radius 2 is 2.36 bits per heavy atom. The van der Waals surface area contributed by atoms with Crippen molar-refractivity contribution in [3.63, 3.8) is 0 Å². The number of nitrogens with zero attached hydrogens (tertiary/aromatic N) is 1. The Morgan fingerprint density at radius 3 is 3.09 bits per heavy atom. The number of esters is 1. The van der Waals surface area contributed by atoms with E-state index in [4.69, 9.17) is 0 Å². The molecule has 5 heteroatoms. The molecule has 11 heavy (non-hydrogen) atoms. The Morgan fingerprint density at radius 1 is 1.55 bits per heavy atom. The van der Waals surface area contributed by atoms with Crippen LogP contribution in [-0.4, -0.2) is 15.9 Å². The van der Waals surface area contributed by atoms with E-state index in [1.807, 2.05) is 0 Å². The van der Waals surface area contributed by atoms with Crippen molar-refractivity contribution in [3.8, 4) is 0 Å². The van der Waals surface area contributed by atoms with Crippen LogP contribution in [0.5, 0.6) is 0 Å². The summed E-state index contributed by atoms with van der Waals surface area (Å²) in [6.07, 6.45) is 1.25. The summed E-state index contributed by atoms with van der Waals surface area (Å²) in [4.78, 5) is 27.8. The van der Waals surface area contributed by atoms with Gasteiger partial charge in [0.15, 0.2) is 0 Å². The van der Waals surface area contributed by atoms with E-state index < -0.39 is 11.5 Å². The zero-order chi connectivity index (χ0) is 7.84. The van der Waals surface area contributed by atoms with Crippen LogP contribution in [0.3, 0.4) is 0 Å². The molecule has 0 spiro atoms. The first-order valence-electron chi connectivity index (χ1n) is 3.03. The van der Waals surface area contributed by atoms with Gasteiger partial charge >= 0.3 is 5.97 Å². The van der Waals surface area contributed by atoms with Crippen LogP contribution in [0.15, 0.2) is 11.1 Å². The minimum Gasteiger partial charge on any atom is -0.455 e. The summed E-state index contributed by atoms with van der Waals surface area (Å²) in [6.45, 7) is 0.109. The van der Waals surface area contributed by atoms with Gasteiger partial charge in [0.25, 0.3) is 5.56 Å². The Hall–Kier alpha value is -1.65. The lowest BCUT2D eigenvalue weighted by atomic mass is 10.3. The lowest BCUT2D eigenvalue weighted by molar-refractivity contribution is 0.0532. The van der Waals surface area contributed by atoms with Crippen LogP contribution in [-0.2, 0) is 11.3 Å². The van der Waals surface area contributed by atoms with Gasteiger partial charge in [-0.3, -0.25) is 4.79 Å². The molecule has 0 saturated carbocycles. The van der Waals surface area contributed by atoms with E-state index in [1.54, 1.807) is 0 Å². The number of rotatable bonds is 0. The van der Waals surface area contributed by atoms with Crippen LogP contribution in [0.1, 0.15) is 16.1 Å². The molecule has 1 aromatic rings. The van der Waals surface area contributed by atoms with Crippen molar-refractivity contribution in [2.24, 2.45) is 0 Å². The van der Waals surface area contributed by atoms with Crippen molar-refractivity contribution >= 4 is 5.97 Å². The minimum absolute atomic E-state index is 0.0347. The van der Waals surface area contributed by atoms with Gasteiger partial charge in [-0.2, -0.15) is 0 Å². The van der Waals surface area contributed by atoms with Gasteiger partial charge in [-0.1, -0.05) is 0 Å². The monoisotopic (exact) mass is 152 g/mol. The van der Waals surface area contributed by atoms with Crippen molar-refractivity contribution in [2.45, 2.75) is 6.61 Å². The summed E-state index contributed by atoms with van der Waals surface area (Å²) in [7, 11) is 0. The van der Waals surface area contributed by atoms with Crippen LogP contribution in [0.2, 0.25) is 0 Å². The van der Waals surface area contributed by atoms with Crippen molar-refractivity contribution in [2.75, 3.05) is 0 Å². The van der Waals surface area contributed by atoms with Gasteiger partial charge in [0.05, 0.1) is 12.0 Å². The topological polar surface area (TPSA) is 72.0 Å². The van der Waals surface area contributed by atoms with E-state index in [-0.39, 0.29) is 12.2 Å². The molecule has 1 aromatic heterocycles. The molecule has 5 nitrogen and oxygen atoms in total. The number of nitrogens with one attached hydrogen (secondary N) is 1.